The molecule has 0 saturated heterocycles. The van der Waals surface area contributed by atoms with Gasteiger partial charge < -0.3 is 15.3 Å². The lowest BCUT2D eigenvalue weighted by Gasteiger charge is -2.07. The molecule has 1 saturated carbocycles. The van der Waals surface area contributed by atoms with Crippen LogP contribution in [0.25, 0.3) is 0 Å². The van der Waals surface area contributed by atoms with Gasteiger partial charge in [-0.05, 0) is 56.0 Å². The molecule has 27 heavy (non-hydrogen) atoms. The fourth-order valence-corrected chi connectivity index (χ4v) is 3.65. The van der Waals surface area contributed by atoms with Crippen molar-refractivity contribution in [3.63, 3.8) is 0 Å². The number of nitrogens with one attached hydrogen (secondary N) is 2. The minimum Gasteiger partial charge on any atom is -0.325 e. The minimum atomic E-state index is -0.0442. The number of nitrogens with zero attached hydrogens (tertiary/aromatic N) is 3. The third-order valence-corrected chi connectivity index (χ3v) is 5.37. The smallest absolute Gasteiger partial charge is 0.234 e. The monoisotopic (exact) mass is 383 g/mol. The van der Waals surface area contributed by atoms with Gasteiger partial charge in [0.05, 0.1) is 5.75 Å². The van der Waals surface area contributed by atoms with Crippen LogP contribution < -0.4 is 5.32 Å². The van der Waals surface area contributed by atoms with E-state index >= 15 is 0 Å². The highest BCUT2D eigenvalue weighted by Crippen LogP contribution is 2.40. The first-order chi connectivity index (χ1) is 13.2. The molecule has 0 aliphatic heterocycles. The van der Waals surface area contributed by atoms with E-state index in [0.29, 0.717) is 18.6 Å². The fraction of sp³-hybridized carbons (Fsp3) is 0.400. The summed E-state index contributed by atoms with van der Waals surface area (Å²) in [5.41, 5.74) is 2.19. The fourth-order valence-electron chi connectivity index (χ4n) is 2.83. The van der Waals surface area contributed by atoms with Crippen LogP contribution in [-0.4, -0.2) is 32.6 Å². The molecule has 1 aliphatic rings. The number of hydrogen-bond acceptors (Lipinski definition) is 5. The molecule has 7 heteroatoms. The van der Waals surface area contributed by atoms with Crippen molar-refractivity contribution in [3.05, 3.63) is 47.8 Å². The van der Waals surface area contributed by atoms with E-state index in [4.69, 9.17) is 5.41 Å². The molecule has 6 nitrogen and oxygen atoms in total. The van der Waals surface area contributed by atoms with Gasteiger partial charge in [-0.25, -0.2) is 0 Å². The number of aromatic nitrogens is 3. The molecule has 2 aromatic rings. The SMILES string of the molecule is CCn1c(C/C=C\CC=N)nnc1SCC(=O)Nc1ccc(C2CC2)cc1. The number of amides is 1. The van der Waals surface area contributed by atoms with Crippen LogP contribution in [0.4, 0.5) is 5.69 Å². The third-order valence-electron chi connectivity index (χ3n) is 4.41. The summed E-state index contributed by atoms with van der Waals surface area (Å²) >= 11 is 1.40. The van der Waals surface area contributed by atoms with Crippen LogP contribution in [0.5, 0.6) is 0 Å². The normalized spacial score (nSPS) is 13.8. The third kappa shape index (κ3) is 5.53. The zero-order chi connectivity index (χ0) is 19.1. The molecule has 0 atom stereocenters. The van der Waals surface area contributed by atoms with Crippen LogP contribution >= 0.6 is 11.8 Å². The van der Waals surface area contributed by atoms with Crippen LogP contribution in [0.3, 0.4) is 0 Å². The lowest BCUT2D eigenvalue weighted by Crippen LogP contribution is -2.14. The van der Waals surface area contributed by atoms with Crippen molar-refractivity contribution in [3.8, 4) is 0 Å². The summed E-state index contributed by atoms with van der Waals surface area (Å²) in [7, 11) is 0. The first-order valence-electron chi connectivity index (χ1n) is 9.30. The standard InChI is InChI=1S/C20H25N5OS/c1-2-25-18(6-4-3-5-13-21)23-24-20(25)27-14-19(26)22-17-11-9-16(10-12-17)15-7-8-15/h3-4,9-13,15,21H,2,5-8,14H2,1H3,(H,22,26)/b4-3-,21-13?. The molecule has 2 N–H and O–H groups in total. The van der Waals surface area contributed by atoms with E-state index in [1.54, 1.807) is 0 Å². The first-order valence-corrected chi connectivity index (χ1v) is 10.3. The Morgan fingerprint density at radius 1 is 1.30 bits per heavy atom. The molecule has 142 valence electrons. The molecule has 1 heterocycles. The van der Waals surface area contributed by atoms with Crippen LogP contribution in [-0.2, 0) is 17.8 Å². The van der Waals surface area contributed by atoms with Crippen molar-refractivity contribution >= 4 is 29.6 Å². The Kier molecular flexibility index (Phi) is 6.81. The summed E-state index contributed by atoms with van der Waals surface area (Å²) in [5.74, 6) is 1.85. The topological polar surface area (TPSA) is 83.7 Å². The van der Waals surface area contributed by atoms with Gasteiger partial charge in [-0.3, -0.25) is 4.79 Å². The Labute approximate surface area is 164 Å². The summed E-state index contributed by atoms with van der Waals surface area (Å²) < 4.78 is 2.02. The van der Waals surface area contributed by atoms with Crippen molar-refractivity contribution in [2.45, 2.75) is 50.2 Å². The van der Waals surface area contributed by atoms with E-state index in [1.165, 1.54) is 36.4 Å². The summed E-state index contributed by atoms with van der Waals surface area (Å²) in [6, 6.07) is 8.16. The molecular weight excluding hydrogens is 358 g/mol. The van der Waals surface area contributed by atoms with E-state index in [2.05, 4.69) is 27.6 Å². The van der Waals surface area contributed by atoms with E-state index in [1.807, 2.05) is 35.8 Å². The molecule has 1 aromatic heterocycles. The van der Waals surface area contributed by atoms with Gasteiger partial charge in [-0.1, -0.05) is 36.0 Å². The average molecular weight is 384 g/mol. The molecule has 1 aliphatic carbocycles. The Hall–Kier alpha value is -2.41. The highest BCUT2D eigenvalue weighted by atomic mass is 32.2. The van der Waals surface area contributed by atoms with Crippen molar-refractivity contribution in [2.24, 2.45) is 0 Å². The quantitative estimate of drug-likeness (QED) is 0.368. The van der Waals surface area contributed by atoms with Gasteiger partial charge in [0.2, 0.25) is 5.91 Å². The molecule has 1 fully saturated rings. The van der Waals surface area contributed by atoms with E-state index in [0.717, 1.165) is 29.1 Å². The molecular formula is C20H25N5OS. The molecule has 3 rings (SSSR count). The summed E-state index contributed by atoms with van der Waals surface area (Å²) in [5, 5.41) is 19.2. The number of thioether (sulfide) groups is 1. The van der Waals surface area contributed by atoms with E-state index in [9.17, 15) is 4.79 Å². The Bertz CT molecular complexity index is 808. The second kappa shape index (κ2) is 9.50. The van der Waals surface area contributed by atoms with Gasteiger partial charge >= 0.3 is 0 Å². The maximum Gasteiger partial charge on any atom is 0.234 e. The second-order valence-electron chi connectivity index (χ2n) is 6.49. The van der Waals surface area contributed by atoms with Crippen LogP contribution in [0.2, 0.25) is 0 Å². The van der Waals surface area contributed by atoms with Gasteiger partial charge in [-0.15, -0.1) is 10.2 Å². The Balaban J connectivity index is 1.51. The Morgan fingerprint density at radius 2 is 2.07 bits per heavy atom. The van der Waals surface area contributed by atoms with Crippen molar-refractivity contribution < 1.29 is 4.79 Å². The highest BCUT2D eigenvalue weighted by Gasteiger charge is 2.23. The van der Waals surface area contributed by atoms with Crippen LogP contribution in [0, 0.1) is 5.41 Å². The maximum atomic E-state index is 12.2. The van der Waals surface area contributed by atoms with Crippen LogP contribution in [0.1, 0.15) is 43.5 Å². The van der Waals surface area contributed by atoms with Gasteiger partial charge in [0.15, 0.2) is 5.16 Å². The zero-order valence-electron chi connectivity index (χ0n) is 15.5. The first kappa shape index (κ1) is 19.4. The lowest BCUT2D eigenvalue weighted by atomic mass is 10.1. The molecule has 0 bridgehead atoms. The number of rotatable bonds is 10. The molecule has 1 amide bonds. The number of anilines is 1. The largest absolute Gasteiger partial charge is 0.325 e. The number of hydrogen-bond donors (Lipinski definition) is 2. The minimum absolute atomic E-state index is 0.0442. The summed E-state index contributed by atoms with van der Waals surface area (Å²) in [4.78, 5) is 12.2. The van der Waals surface area contributed by atoms with E-state index in [-0.39, 0.29) is 5.91 Å². The van der Waals surface area contributed by atoms with Gasteiger partial charge in [0.1, 0.15) is 5.82 Å². The average Bonchev–Trinajstić information content (AvgIpc) is 3.45. The predicted octanol–water partition coefficient (Wildman–Crippen LogP) is 4.04. The van der Waals surface area contributed by atoms with Crippen molar-refractivity contribution in [1.82, 2.24) is 14.8 Å². The zero-order valence-corrected chi connectivity index (χ0v) is 16.3. The number of carbonyl (C=O) groups is 1. The number of allylic oxidation sites excluding steroid dienone is 2. The van der Waals surface area contributed by atoms with Gasteiger partial charge in [0.25, 0.3) is 0 Å². The molecule has 0 spiro atoms. The molecule has 0 unspecified atom stereocenters. The summed E-state index contributed by atoms with van der Waals surface area (Å²) in [6.45, 7) is 2.80. The number of carbonyl (C=O) groups excluding carboxylic acids is 1. The predicted molar refractivity (Wildman–Crippen MR) is 110 cm³/mol. The van der Waals surface area contributed by atoms with Crippen molar-refractivity contribution in [2.75, 3.05) is 11.1 Å². The highest BCUT2D eigenvalue weighted by molar-refractivity contribution is 7.99. The molecule has 0 radical (unpaired) electrons. The second-order valence-corrected chi connectivity index (χ2v) is 7.43. The Morgan fingerprint density at radius 3 is 2.74 bits per heavy atom. The van der Waals surface area contributed by atoms with Crippen molar-refractivity contribution in [1.29, 1.82) is 5.41 Å². The lowest BCUT2D eigenvalue weighted by molar-refractivity contribution is -0.113. The molecule has 1 aromatic carbocycles. The maximum absolute atomic E-state index is 12.2. The number of benzene rings is 1. The van der Waals surface area contributed by atoms with E-state index < -0.39 is 0 Å². The summed E-state index contributed by atoms with van der Waals surface area (Å²) in [6.07, 6.45) is 9.16. The van der Waals surface area contributed by atoms with Crippen LogP contribution in [0.15, 0.2) is 41.6 Å². The van der Waals surface area contributed by atoms with Gasteiger partial charge in [0, 0.05) is 18.7 Å². The van der Waals surface area contributed by atoms with Gasteiger partial charge in [-0.2, -0.15) is 0 Å².